The number of benzene rings is 2. The predicted molar refractivity (Wildman–Crippen MR) is 79.3 cm³/mol. The second kappa shape index (κ2) is 6.59. The number of rotatable bonds is 5. The zero-order chi connectivity index (χ0) is 15.4. The average Bonchev–Trinajstić information content (AvgIpc) is 2.49. The van der Waals surface area contributed by atoms with Gasteiger partial charge in [-0.05, 0) is 47.9 Å². The Morgan fingerprint density at radius 3 is 2.38 bits per heavy atom. The molecule has 2 aromatic rings. The van der Waals surface area contributed by atoms with Gasteiger partial charge in [0.25, 0.3) is 0 Å². The van der Waals surface area contributed by atoms with Crippen LogP contribution in [0.2, 0.25) is 0 Å². The first kappa shape index (κ1) is 15.3. The number of methoxy groups -OCH3 is 2. The molecule has 0 saturated heterocycles. The minimum absolute atomic E-state index is 0.267. The van der Waals surface area contributed by atoms with Crippen molar-refractivity contribution >= 4 is 0 Å². The summed E-state index contributed by atoms with van der Waals surface area (Å²) < 4.78 is 23.5. The van der Waals surface area contributed by atoms with Gasteiger partial charge in [-0.15, -0.1) is 0 Å². The van der Waals surface area contributed by atoms with Gasteiger partial charge in [-0.2, -0.15) is 0 Å². The molecule has 0 aliphatic heterocycles. The lowest BCUT2D eigenvalue weighted by molar-refractivity contribution is 0.177. The molecule has 0 aromatic heterocycles. The molecule has 1 N–H and O–H groups in total. The fourth-order valence-electron chi connectivity index (χ4n) is 2.27. The minimum Gasteiger partial charge on any atom is -0.493 e. The predicted octanol–water partition coefficient (Wildman–Crippen LogP) is 3.43. The van der Waals surface area contributed by atoms with E-state index in [1.165, 1.54) is 12.1 Å². The molecular formula is C17H19FO3. The Bertz CT molecular complexity index is 625. The summed E-state index contributed by atoms with van der Waals surface area (Å²) in [4.78, 5) is 0. The topological polar surface area (TPSA) is 38.7 Å². The first-order chi connectivity index (χ1) is 10.0. The zero-order valence-electron chi connectivity index (χ0n) is 12.4. The van der Waals surface area contributed by atoms with Gasteiger partial charge in [0.1, 0.15) is 5.82 Å². The van der Waals surface area contributed by atoms with Crippen LogP contribution in [0.1, 0.15) is 22.8 Å². The molecule has 0 amide bonds. The monoisotopic (exact) mass is 290 g/mol. The standard InChI is InChI=1S/C17H19FO3/c1-11-8-14(18)6-4-12(11)9-15(19)13-5-7-16(20-2)17(10-13)21-3/h4-8,10,15,19H,9H2,1-3H3. The molecule has 1 unspecified atom stereocenters. The van der Waals surface area contributed by atoms with Crippen LogP contribution in [0.3, 0.4) is 0 Å². The smallest absolute Gasteiger partial charge is 0.161 e. The lowest BCUT2D eigenvalue weighted by atomic mass is 9.98. The zero-order valence-corrected chi connectivity index (χ0v) is 12.4. The Morgan fingerprint density at radius 2 is 1.76 bits per heavy atom. The normalized spacial score (nSPS) is 12.0. The molecule has 112 valence electrons. The van der Waals surface area contributed by atoms with Crippen molar-refractivity contribution in [3.8, 4) is 11.5 Å². The summed E-state index contributed by atoms with van der Waals surface area (Å²) in [6.45, 7) is 1.83. The van der Waals surface area contributed by atoms with E-state index in [-0.39, 0.29) is 5.82 Å². The molecule has 0 aliphatic carbocycles. The highest BCUT2D eigenvalue weighted by molar-refractivity contribution is 5.44. The van der Waals surface area contributed by atoms with E-state index in [0.717, 1.165) is 16.7 Å². The van der Waals surface area contributed by atoms with Crippen molar-refractivity contribution in [2.24, 2.45) is 0 Å². The Balaban J connectivity index is 2.21. The van der Waals surface area contributed by atoms with Crippen molar-refractivity contribution in [1.82, 2.24) is 0 Å². The maximum atomic E-state index is 13.1. The van der Waals surface area contributed by atoms with Gasteiger partial charge in [-0.1, -0.05) is 12.1 Å². The van der Waals surface area contributed by atoms with Crippen molar-refractivity contribution in [3.63, 3.8) is 0 Å². The number of halogens is 1. The SMILES string of the molecule is COc1ccc(C(O)Cc2ccc(F)cc2C)cc1OC. The van der Waals surface area contributed by atoms with Crippen LogP contribution in [-0.2, 0) is 6.42 Å². The maximum absolute atomic E-state index is 13.1. The van der Waals surface area contributed by atoms with Gasteiger partial charge in [0, 0.05) is 6.42 Å². The molecule has 0 heterocycles. The van der Waals surface area contributed by atoms with Crippen molar-refractivity contribution in [2.75, 3.05) is 14.2 Å². The maximum Gasteiger partial charge on any atom is 0.161 e. The molecule has 0 saturated carbocycles. The van der Waals surface area contributed by atoms with Crippen LogP contribution in [0.4, 0.5) is 4.39 Å². The number of ether oxygens (including phenoxy) is 2. The van der Waals surface area contributed by atoms with Gasteiger partial charge < -0.3 is 14.6 Å². The third-order valence-electron chi connectivity index (χ3n) is 3.51. The van der Waals surface area contributed by atoms with Gasteiger partial charge in [0.2, 0.25) is 0 Å². The summed E-state index contributed by atoms with van der Waals surface area (Å²) in [6, 6.07) is 9.89. The Kier molecular flexibility index (Phi) is 4.81. The van der Waals surface area contributed by atoms with E-state index < -0.39 is 6.10 Å². The van der Waals surface area contributed by atoms with Crippen LogP contribution in [0.15, 0.2) is 36.4 Å². The van der Waals surface area contributed by atoms with Crippen molar-refractivity contribution in [2.45, 2.75) is 19.4 Å². The number of aliphatic hydroxyl groups is 1. The van der Waals surface area contributed by atoms with E-state index in [4.69, 9.17) is 9.47 Å². The average molecular weight is 290 g/mol. The summed E-state index contributed by atoms with van der Waals surface area (Å²) in [5, 5.41) is 10.4. The molecule has 2 rings (SSSR count). The minimum atomic E-state index is -0.686. The van der Waals surface area contributed by atoms with E-state index in [1.807, 2.05) is 6.92 Å². The van der Waals surface area contributed by atoms with E-state index in [1.54, 1.807) is 38.5 Å². The fraction of sp³-hybridized carbons (Fsp3) is 0.294. The lowest BCUT2D eigenvalue weighted by Crippen LogP contribution is -2.04. The number of aliphatic hydroxyl groups excluding tert-OH is 1. The molecule has 0 bridgehead atoms. The third kappa shape index (κ3) is 3.52. The van der Waals surface area contributed by atoms with Crippen molar-refractivity contribution in [3.05, 3.63) is 58.9 Å². The molecule has 21 heavy (non-hydrogen) atoms. The van der Waals surface area contributed by atoms with Crippen LogP contribution in [0.5, 0.6) is 11.5 Å². The molecule has 0 radical (unpaired) electrons. The van der Waals surface area contributed by atoms with Gasteiger partial charge in [-0.3, -0.25) is 0 Å². The molecule has 0 aliphatic rings. The lowest BCUT2D eigenvalue weighted by Gasteiger charge is -2.15. The van der Waals surface area contributed by atoms with Gasteiger partial charge >= 0.3 is 0 Å². The van der Waals surface area contributed by atoms with Gasteiger partial charge in [0.15, 0.2) is 11.5 Å². The highest BCUT2D eigenvalue weighted by Gasteiger charge is 2.13. The molecule has 2 aromatic carbocycles. The van der Waals surface area contributed by atoms with E-state index >= 15 is 0 Å². The summed E-state index contributed by atoms with van der Waals surface area (Å²) in [5.41, 5.74) is 2.48. The number of hydrogen-bond donors (Lipinski definition) is 1. The van der Waals surface area contributed by atoms with E-state index in [0.29, 0.717) is 17.9 Å². The molecule has 4 heteroatoms. The first-order valence-electron chi connectivity index (χ1n) is 6.70. The first-order valence-corrected chi connectivity index (χ1v) is 6.70. The van der Waals surface area contributed by atoms with Crippen LogP contribution in [0.25, 0.3) is 0 Å². The number of aryl methyl sites for hydroxylation is 1. The van der Waals surface area contributed by atoms with Gasteiger partial charge in [-0.25, -0.2) is 4.39 Å². The largest absolute Gasteiger partial charge is 0.493 e. The highest BCUT2D eigenvalue weighted by Crippen LogP contribution is 2.31. The summed E-state index contributed by atoms with van der Waals surface area (Å²) in [6.07, 6.45) is -0.268. The van der Waals surface area contributed by atoms with Crippen LogP contribution >= 0.6 is 0 Å². The number of hydrogen-bond acceptors (Lipinski definition) is 3. The van der Waals surface area contributed by atoms with Crippen molar-refractivity contribution < 1.29 is 19.0 Å². The van der Waals surface area contributed by atoms with E-state index in [9.17, 15) is 9.50 Å². The Hall–Kier alpha value is -2.07. The molecular weight excluding hydrogens is 271 g/mol. The van der Waals surface area contributed by atoms with Crippen LogP contribution in [0, 0.1) is 12.7 Å². The Labute approximate surface area is 124 Å². The molecule has 0 fully saturated rings. The van der Waals surface area contributed by atoms with Crippen LogP contribution < -0.4 is 9.47 Å². The summed E-state index contributed by atoms with van der Waals surface area (Å²) in [5.74, 6) is 0.924. The fourth-order valence-corrected chi connectivity index (χ4v) is 2.27. The van der Waals surface area contributed by atoms with E-state index in [2.05, 4.69) is 0 Å². The molecule has 3 nitrogen and oxygen atoms in total. The second-order valence-corrected chi connectivity index (χ2v) is 4.91. The summed E-state index contributed by atoms with van der Waals surface area (Å²) >= 11 is 0. The molecule has 1 atom stereocenters. The quantitative estimate of drug-likeness (QED) is 0.917. The summed E-state index contributed by atoms with van der Waals surface area (Å²) in [7, 11) is 3.12. The third-order valence-corrected chi connectivity index (χ3v) is 3.51. The Morgan fingerprint density at radius 1 is 1.05 bits per heavy atom. The second-order valence-electron chi connectivity index (χ2n) is 4.91. The highest BCUT2D eigenvalue weighted by atomic mass is 19.1. The molecule has 0 spiro atoms. The van der Waals surface area contributed by atoms with Gasteiger partial charge in [0.05, 0.1) is 20.3 Å². The van der Waals surface area contributed by atoms with Crippen molar-refractivity contribution in [1.29, 1.82) is 0 Å². The van der Waals surface area contributed by atoms with Crippen LogP contribution in [-0.4, -0.2) is 19.3 Å².